The summed E-state index contributed by atoms with van der Waals surface area (Å²) in [6.45, 7) is 8.22. The van der Waals surface area contributed by atoms with E-state index < -0.39 is 0 Å². The van der Waals surface area contributed by atoms with E-state index in [2.05, 4.69) is 46.0 Å². The molecule has 1 amide bonds. The summed E-state index contributed by atoms with van der Waals surface area (Å²) < 4.78 is 0. The average molecular weight is 364 g/mol. The van der Waals surface area contributed by atoms with Gasteiger partial charge < -0.3 is 9.80 Å². The Bertz CT molecular complexity index is 763. The van der Waals surface area contributed by atoms with Crippen LogP contribution in [0, 0.1) is 6.92 Å². The molecule has 1 aromatic heterocycles. The lowest BCUT2D eigenvalue weighted by Crippen LogP contribution is -2.54. The molecule has 0 saturated carbocycles. The Balaban J connectivity index is 1.29. The summed E-state index contributed by atoms with van der Waals surface area (Å²) in [4.78, 5) is 23.8. The molecule has 2 aliphatic rings. The topological polar surface area (TPSA) is 39.7 Å². The van der Waals surface area contributed by atoms with Gasteiger partial charge >= 0.3 is 0 Å². The van der Waals surface area contributed by atoms with Crippen LogP contribution in [0.25, 0.3) is 0 Å². The van der Waals surface area contributed by atoms with E-state index in [1.165, 1.54) is 11.3 Å². The molecule has 27 heavy (non-hydrogen) atoms. The fraction of sp³-hybridized carbons (Fsp3) is 0.455. The molecular weight excluding hydrogens is 336 g/mol. The number of aryl methyl sites for hydroxylation is 1. The van der Waals surface area contributed by atoms with Crippen molar-refractivity contribution >= 4 is 11.6 Å². The summed E-state index contributed by atoms with van der Waals surface area (Å²) >= 11 is 0. The minimum atomic E-state index is 0.0680. The first-order valence-corrected chi connectivity index (χ1v) is 9.97. The number of likely N-dealkylation sites (tertiary alicyclic amines) is 1. The number of hydrogen-bond acceptors (Lipinski definition) is 4. The average Bonchev–Trinajstić information content (AvgIpc) is 2.74. The normalized spacial score (nSPS) is 19.3. The number of aromatic nitrogens is 1. The van der Waals surface area contributed by atoms with Gasteiger partial charge in [0.1, 0.15) is 5.69 Å². The summed E-state index contributed by atoms with van der Waals surface area (Å²) in [5.74, 6) is 0.0680. The predicted octanol–water partition coefficient (Wildman–Crippen LogP) is 2.82. The fourth-order valence-electron chi connectivity index (χ4n) is 4.33. The monoisotopic (exact) mass is 364 g/mol. The lowest BCUT2D eigenvalue weighted by atomic mass is 10.0. The van der Waals surface area contributed by atoms with Crippen molar-refractivity contribution in [3.63, 3.8) is 0 Å². The van der Waals surface area contributed by atoms with Gasteiger partial charge in [0.15, 0.2) is 0 Å². The van der Waals surface area contributed by atoms with Gasteiger partial charge in [-0.15, -0.1) is 0 Å². The van der Waals surface area contributed by atoms with E-state index in [0.29, 0.717) is 11.7 Å². The molecule has 3 heterocycles. The van der Waals surface area contributed by atoms with Crippen molar-refractivity contribution in [2.75, 3.05) is 44.2 Å². The van der Waals surface area contributed by atoms with Gasteiger partial charge in [0.25, 0.3) is 5.91 Å². The molecule has 2 aliphatic heterocycles. The van der Waals surface area contributed by atoms with Crippen molar-refractivity contribution in [1.82, 2.24) is 14.8 Å². The van der Waals surface area contributed by atoms with Crippen molar-refractivity contribution < 1.29 is 4.79 Å². The van der Waals surface area contributed by atoms with Crippen LogP contribution in [0.3, 0.4) is 0 Å². The maximum Gasteiger partial charge on any atom is 0.272 e. The Morgan fingerprint density at radius 2 is 1.63 bits per heavy atom. The molecule has 1 aromatic carbocycles. The van der Waals surface area contributed by atoms with Gasteiger partial charge in [-0.25, -0.2) is 0 Å². The number of piperazine rings is 1. The summed E-state index contributed by atoms with van der Waals surface area (Å²) in [6, 6.07) is 14.8. The van der Waals surface area contributed by atoms with Gasteiger partial charge in [-0.3, -0.25) is 14.7 Å². The number of carbonyl (C=O) groups excluding carboxylic acids is 1. The molecule has 5 nitrogen and oxygen atoms in total. The van der Waals surface area contributed by atoms with Crippen LogP contribution in [0.15, 0.2) is 48.7 Å². The van der Waals surface area contributed by atoms with Crippen LogP contribution < -0.4 is 4.90 Å². The molecule has 0 aliphatic carbocycles. The lowest BCUT2D eigenvalue weighted by Gasteiger charge is -2.43. The Labute approximate surface area is 161 Å². The van der Waals surface area contributed by atoms with Crippen LogP contribution in [0.4, 0.5) is 5.69 Å². The highest BCUT2D eigenvalue weighted by molar-refractivity contribution is 5.92. The number of para-hydroxylation sites is 1. The van der Waals surface area contributed by atoms with Gasteiger partial charge in [0.2, 0.25) is 0 Å². The van der Waals surface area contributed by atoms with Gasteiger partial charge in [-0.1, -0.05) is 24.3 Å². The molecule has 2 saturated heterocycles. The smallest absolute Gasteiger partial charge is 0.272 e. The number of anilines is 1. The molecule has 2 fully saturated rings. The number of piperidine rings is 1. The maximum absolute atomic E-state index is 12.6. The first kappa shape index (κ1) is 18.0. The summed E-state index contributed by atoms with van der Waals surface area (Å²) in [5, 5.41) is 0. The number of benzene rings is 1. The number of rotatable bonds is 3. The first-order chi connectivity index (χ1) is 13.2. The summed E-state index contributed by atoms with van der Waals surface area (Å²) in [7, 11) is 0. The molecular formula is C22H28N4O. The van der Waals surface area contributed by atoms with Crippen LogP contribution in [0.2, 0.25) is 0 Å². The van der Waals surface area contributed by atoms with E-state index in [1.54, 1.807) is 12.3 Å². The quantitative estimate of drug-likeness (QED) is 0.840. The molecule has 4 rings (SSSR count). The van der Waals surface area contributed by atoms with E-state index in [1.807, 2.05) is 17.0 Å². The van der Waals surface area contributed by atoms with Crippen molar-refractivity contribution in [2.45, 2.75) is 25.8 Å². The highest BCUT2D eigenvalue weighted by Crippen LogP contribution is 2.24. The number of nitrogens with zero attached hydrogens (tertiary/aromatic N) is 4. The third-order valence-electron chi connectivity index (χ3n) is 5.92. The number of carbonyl (C=O) groups is 1. The van der Waals surface area contributed by atoms with Crippen LogP contribution in [-0.2, 0) is 0 Å². The number of hydrogen-bond donors (Lipinski definition) is 0. The standard InChI is InChI=1S/C22H28N4O/c1-18-6-2-3-8-21(18)25-16-14-24(15-17-25)19-9-12-26(13-10-19)22(27)20-7-4-5-11-23-20/h2-8,11,19H,9-10,12-17H2,1H3. The Kier molecular flexibility index (Phi) is 5.39. The lowest BCUT2D eigenvalue weighted by molar-refractivity contribution is 0.0605. The third kappa shape index (κ3) is 3.98. The second-order valence-corrected chi connectivity index (χ2v) is 7.55. The second kappa shape index (κ2) is 8.09. The summed E-state index contributed by atoms with van der Waals surface area (Å²) in [6.07, 6.45) is 3.81. The second-order valence-electron chi connectivity index (χ2n) is 7.55. The molecule has 0 N–H and O–H groups in total. The minimum absolute atomic E-state index is 0.0680. The highest BCUT2D eigenvalue weighted by Gasteiger charge is 2.29. The van der Waals surface area contributed by atoms with Gasteiger partial charge in [0, 0.05) is 57.2 Å². The zero-order valence-electron chi connectivity index (χ0n) is 16.1. The molecule has 0 spiro atoms. The zero-order valence-corrected chi connectivity index (χ0v) is 16.1. The van der Waals surface area contributed by atoms with Crippen molar-refractivity contribution in [3.05, 3.63) is 59.9 Å². The minimum Gasteiger partial charge on any atom is -0.369 e. The van der Waals surface area contributed by atoms with Gasteiger partial charge in [0.05, 0.1) is 0 Å². The van der Waals surface area contributed by atoms with E-state index in [-0.39, 0.29) is 5.91 Å². The zero-order chi connectivity index (χ0) is 18.6. The van der Waals surface area contributed by atoms with Crippen LogP contribution in [-0.4, -0.2) is 66.0 Å². The van der Waals surface area contributed by atoms with Crippen molar-refractivity contribution in [3.8, 4) is 0 Å². The van der Waals surface area contributed by atoms with E-state index >= 15 is 0 Å². The number of amides is 1. The largest absolute Gasteiger partial charge is 0.369 e. The first-order valence-electron chi connectivity index (χ1n) is 9.97. The molecule has 0 radical (unpaired) electrons. The Morgan fingerprint density at radius 1 is 0.926 bits per heavy atom. The molecule has 0 bridgehead atoms. The number of pyridine rings is 1. The third-order valence-corrected chi connectivity index (χ3v) is 5.92. The SMILES string of the molecule is Cc1ccccc1N1CCN(C2CCN(C(=O)c3ccccn3)CC2)CC1. The molecule has 142 valence electrons. The maximum atomic E-state index is 12.6. The predicted molar refractivity (Wildman–Crippen MR) is 108 cm³/mol. The molecule has 2 aromatic rings. The van der Waals surface area contributed by atoms with E-state index in [4.69, 9.17) is 0 Å². The van der Waals surface area contributed by atoms with Gasteiger partial charge in [-0.05, 0) is 43.5 Å². The molecule has 5 heteroatoms. The van der Waals surface area contributed by atoms with E-state index in [9.17, 15) is 4.79 Å². The van der Waals surface area contributed by atoms with Crippen molar-refractivity contribution in [1.29, 1.82) is 0 Å². The molecule has 0 atom stereocenters. The highest BCUT2D eigenvalue weighted by atomic mass is 16.2. The molecule has 0 unspecified atom stereocenters. The summed E-state index contributed by atoms with van der Waals surface area (Å²) in [5.41, 5.74) is 3.28. The van der Waals surface area contributed by atoms with Crippen LogP contribution in [0.1, 0.15) is 28.9 Å². The fourth-order valence-corrected chi connectivity index (χ4v) is 4.33. The van der Waals surface area contributed by atoms with E-state index in [0.717, 1.165) is 52.1 Å². The van der Waals surface area contributed by atoms with Gasteiger partial charge in [-0.2, -0.15) is 0 Å². The van der Waals surface area contributed by atoms with Crippen molar-refractivity contribution in [2.24, 2.45) is 0 Å². The Hall–Kier alpha value is -2.40. The van der Waals surface area contributed by atoms with Crippen LogP contribution in [0.5, 0.6) is 0 Å². The van der Waals surface area contributed by atoms with Crippen LogP contribution >= 0.6 is 0 Å². The Morgan fingerprint density at radius 3 is 2.30 bits per heavy atom.